The Morgan fingerprint density at radius 3 is 1.91 bits per heavy atom. The standard InChI is InChI=1S/C51H32N2OS/c1-4-15-33(16-5-1)38-21-10-12-24-45(38)53(46-25-14-23-41-40-22-11-13-26-47(40)55-50(41)46)37-28-29-39-42(34-17-6-2-7-18-34)31-36-27-30-44-49(48(36)43(39)32-37)54-51(52-44)35-19-8-3-9-20-35/h1-32H. The summed E-state index contributed by atoms with van der Waals surface area (Å²) in [6.07, 6.45) is 0. The van der Waals surface area contributed by atoms with Crippen molar-refractivity contribution in [3.63, 3.8) is 0 Å². The van der Waals surface area contributed by atoms with Crippen molar-refractivity contribution in [3.8, 4) is 33.7 Å². The van der Waals surface area contributed by atoms with Crippen molar-refractivity contribution in [3.05, 3.63) is 194 Å². The van der Waals surface area contributed by atoms with Gasteiger partial charge in [-0.1, -0.05) is 140 Å². The normalized spacial score (nSPS) is 11.6. The molecule has 0 radical (unpaired) electrons. The van der Waals surface area contributed by atoms with Gasteiger partial charge in [0.2, 0.25) is 5.89 Å². The fraction of sp³-hybridized carbons (Fsp3) is 0. The lowest BCUT2D eigenvalue weighted by atomic mass is 9.92. The van der Waals surface area contributed by atoms with Crippen molar-refractivity contribution in [2.75, 3.05) is 4.90 Å². The largest absolute Gasteiger partial charge is 0.435 e. The number of thiophene rings is 1. The quantitative estimate of drug-likeness (QED) is 0.160. The van der Waals surface area contributed by atoms with Gasteiger partial charge in [-0.3, -0.25) is 0 Å². The van der Waals surface area contributed by atoms with E-state index in [1.54, 1.807) is 0 Å². The van der Waals surface area contributed by atoms with E-state index in [4.69, 9.17) is 9.40 Å². The molecular weight excluding hydrogens is 689 g/mol. The molecule has 0 aliphatic carbocycles. The number of para-hydroxylation sites is 1. The van der Waals surface area contributed by atoms with Crippen LogP contribution in [-0.2, 0) is 0 Å². The van der Waals surface area contributed by atoms with Gasteiger partial charge in [-0.2, -0.15) is 0 Å². The van der Waals surface area contributed by atoms with Crippen LogP contribution in [0.3, 0.4) is 0 Å². The molecular formula is C51H32N2OS. The highest BCUT2D eigenvalue weighted by atomic mass is 32.1. The molecule has 0 fully saturated rings. The third-order valence-electron chi connectivity index (χ3n) is 10.7. The van der Waals surface area contributed by atoms with E-state index >= 15 is 0 Å². The number of oxazole rings is 1. The molecule has 0 spiro atoms. The molecule has 258 valence electrons. The Bertz CT molecular complexity index is 3200. The first-order valence-electron chi connectivity index (χ1n) is 18.5. The van der Waals surface area contributed by atoms with Crippen LogP contribution in [0, 0.1) is 0 Å². The number of fused-ring (bicyclic) bond motifs is 8. The highest BCUT2D eigenvalue weighted by molar-refractivity contribution is 7.26. The molecule has 0 unspecified atom stereocenters. The molecule has 0 N–H and O–H groups in total. The third kappa shape index (κ3) is 5.22. The van der Waals surface area contributed by atoms with E-state index in [1.165, 1.54) is 36.9 Å². The zero-order chi connectivity index (χ0) is 36.3. The minimum absolute atomic E-state index is 0.620. The van der Waals surface area contributed by atoms with Gasteiger partial charge in [-0.25, -0.2) is 4.98 Å². The van der Waals surface area contributed by atoms with Crippen molar-refractivity contribution in [1.29, 1.82) is 0 Å². The predicted octanol–water partition coefficient (Wildman–Crippen LogP) is 15.0. The summed E-state index contributed by atoms with van der Waals surface area (Å²) in [5.74, 6) is 0.620. The topological polar surface area (TPSA) is 29.3 Å². The molecule has 2 heterocycles. The van der Waals surface area contributed by atoms with Gasteiger partial charge in [0.1, 0.15) is 5.52 Å². The molecule has 0 amide bonds. The fourth-order valence-electron chi connectivity index (χ4n) is 8.16. The van der Waals surface area contributed by atoms with Crippen LogP contribution in [0.15, 0.2) is 199 Å². The maximum atomic E-state index is 6.74. The Kier molecular flexibility index (Phi) is 7.35. The van der Waals surface area contributed by atoms with Crippen molar-refractivity contribution in [1.82, 2.24) is 4.98 Å². The predicted molar refractivity (Wildman–Crippen MR) is 233 cm³/mol. The Labute approximate surface area is 322 Å². The first kappa shape index (κ1) is 31.5. The van der Waals surface area contributed by atoms with Crippen molar-refractivity contribution in [2.45, 2.75) is 0 Å². The van der Waals surface area contributed by atoms with Crippen LogP contribution < -0.4 is 4.90 Å². The van der Waals surface area contributed by atoms with Gasteiger partial charge in [0.05, 0.1) is 16.1 Å². The van der Waals surface area contributed by atoms with E-state index in [2.05, 4.69) is 169 Å². The smallest absolute Gasteiger partial charge is 0.227 e. The summed E-state index contributed by atoms with van der Waals surface area (Å²) < 4.78 is 9.26. The molecule has 9 aromatic carbocycles. The van der Waals surface area contributed by atoms with Gasteiger partial charge < -0.3 is 9.32 Å². The van der Waals surface area contributed by atoms with Crippen LogP contribution >= 0.6 is 11.3 Å². The van der Waals surface area contributed by atoms with Gasteiger partial charge in [-0.05, 0) is 87.4 Å². The second-order valence-corrected chi connectivity index (χ2v) is 14.9. The van der Waals surface area contributed by atoms with Gasteiger partial charge in [-0.15, -0.1) is 11.3 Å². The summed E-state index contributed by atoms with van der Waals surface area (Å²) in [5, 5.41) is 6.97. The molecule has 55 heavy (non-hydrogen) atoms. The second kappa shape index (κ2) is 12.8. The number of benzene rings is 9. The summed E-state index contributed by atoms with van der Waals surface area (Å²) in [7, 11) is 0. The Balaban J connectivity index is 1.24. The summed E-state index contributed by atoms with van der Waals surface area (Å²) in [4.78, 5) is 7.45. The van der Waals surface area contributed by atoms with E-state index in [0.29, 0.717) is 5.89 Å². The third-order valence-corrected chi connectivity index (χ3v) is 11.9. The van der Waals surface area contributed by atoms with Crippen LogP contribution in [0.2, 0.25) is 0 Å². The number of hydrogen-bond acceptors (Lipinski definition) is 4. The minimum atomic E-state index is 0.620. The highest BCUT2D eigenvalue weighted by Crippen LogP contribution is 2.49. The Morgan fingerprint density at radius 2 is 1.11 bits per heavy atom. The lowest BCUT2D eigenvalue weighted by molar-refractivity contribution is 0.623. The van der Waals surface area contributed by atoms with Crippen LogP contribution in [0.4, 0.5) is 17.1 Å². The fourth-order valence-corrected chi connectivity index (χ4v) is 9.37. The Hall–Kier alpha value is -7.01. The van der Waals surface area contributed by atoms with E-state index in [9.17, 15) is 0 Å². The van der Waals surface area contributed by atoms with Crippen LogP contribution in [0.25, 0.3) is 86.5 Å². The molecule has 11 aromatic rings. The summed E-state index contributed by atoms with van der Waals surface area (Å²) in [6, 6.07) is 69.3. The molecule has 0 aliphatic rings. The zero-order valence-corrected chi connectivity index (χ0v) is 30.5. The van der Waals surface area contributed by atoms with E-state index in [1.807, 2.05) is 41.7 Å². The van der Waals surface area contributed by atoms with Crippen molar-refractivity contribution in [2.24, 2.45) is 0 Å². The van der Waals surface area contributed by atoms with Gasteiger partial charge in [0, 0.05) is 37.7 Å². The zero-order valence-electron chi connectivity index (χ0n) is 29.7. The van der Waals surface area contributed by atoms with Crippen molar-refractivity contribution < 1.29 is 4.42 Å². The maximum Gasteiger partial charge on any atom is 0.227 e. The molecule has 0 bridgehead atoms. The molecule has 11 rings (SSSR count). The number of rotatable bonds is 6. The first-order chi connectivity index (χ1) is 27.3. The highest BCUT2D eigenvalue weighted by Gasteiger charge is 2.23. The van der Waals surface area contributed by atoms with Crippen LogP contribution in [-0.4, -0.2) is 4.98 Å². The van der Waals surface area contributed by atoms with E-state index in [-0.39, 0.29) is 0 Å². The lowest BCUT2D eigenvalue weighted by Gasteiger charge is -2.29. The first-order valence-corrected chi connectivity index (χ1v) is 19.4. The minimum Gasteiger partial charge on any atom is -0.435 e. The molecule has 4 heteroatoms. The van der Waals surface area contributed by atoms with Gasteiger partial charge in [0.25, 0.3) is 0 Å². The lowest BCUT2D eigenvalue weighted by Crippen LogP contribution is -2.11. The monoisotopic (exact) mass is 720 g/mol. The SMILES string of the molecule is c1ccc(-c2nc3ccc4cc(-c5ccccc5)c5ccc(N(c6ccccc6-c6ccccc6)c6cccc7c6sc6ccccc67)cc5c4c3o2)cc1. The molecule has 3 nitrogen and oxygen atoms in total. The summed E-state index contributed by atoms with van der Waals surface area (Å²) >= 11 is 1.85. The summed E-state index contributed by atoms with van der Waals surface area (Å²) in [5.41, 5.74) is 10.6. The molecule has 2 aromatic heterocycles. The molecule has 0 aliphatic heterocycles. The average molecular weight is 721 g/mol. The van der Waals surface area contributed by atoms with Gasteiger partial charge in [0.15, 0.2) is 5.58 Å². The number of anilines is 3. The van der Waals surface area contributed by atoms with Gasteiger partial charge >= 0.3 is 0 Å². The van der Waals surface area contributed by atoms with E-state index in [0.717, 1.165) is 60.8 Å². The number of aromatic nitrogens is 1. The second-order valence-electron chi connectivity index (χ2n) is 13.9. The number of nitrogens with zero attached hydrogens (tertiary/aromatic N) is 2. The van der Waals surface area contributed by atoms with Crippen LogP contribution in [0.1, 0.15) is 0 Å². The number of hydrogen-bond donors (Lipinski definition) is 0. The average Bonchev–Trinajstić information content (AvgIpc) is 3.87. The molecule has 0 saturated carbocycles. The molecule has 0 saturated heterocycles. The van der Waals surface area contributed by atoms with E-state index < -0.39 is 0 Å². The summed E-state index contributed by atoms with van der Waals surface area (Å²) in [6.45, 7) is 0. The van der Waals surface area contributed by atoms with Crippen molar-refractivity contribution >= 4 is 81.2 Å². The Morgan fingerprint density at radius 1 is 0.455 bits per heavy atom. The van der Waals surface area contributed by atoms with Crippen LogP contribution in [0.5, 0.6) is 0 Å². The maximum absolute atomic E-state index is 6.74. The molecule has 0 atom stereocenters.